The molecule has 1 aliphatic heterocycles. The van der Waals surface area contributed by atoms with Crippen LogP contribution in [-0.2, 0) is 0 Å². The van der Waals surface area contributed by atoms with Gasteiger partial charge < -0.3 is 19.8 Å². The maximum atomic E-state index is 10.0. The smallest absolute Gasteiger partial charge is 0.133 e. The van der Waals surface area contributed by atoms with Gasteiger partial charge in [0.2, 0.25) is 0 Å². The molecule has 3 aromatic rings. The highest BCUT2D eigenvalue weighted by Gasteiger charge is 2.37. The Labute approximate surface area is 156 Å². The van der Waals surface area contributed by atoms with Crippen LogP contribution in [0.15, 0.2) is 30.6 Å². The molecular weight excluding hydrogens is 346 g/mol. The highest BCUT2D eigenvalue weighted by atomic mass is 16.5. The number of hydrogen-bond donors (Lipinski definition) is 3. The normalized spacial score (nSPS) is 22.7. The number of β-amino-alcohol motifs (C(OH)–C–C–N with tert-alkyl or cyclic N) is 1. The summed E-state index contributed by atoms with van der Waals surface area (Å²) < 4.78 is 5.79. The Balaban J connectivity index is 1.72. The van der Waals surface area contributed by atoms with E-state index in [-0.39, 0.29) is 12.1 Å². The summed E-state index contributed by atoms with van der Waals surface area (Å²) in [4.78, 5) is 10.6. The summed E-state index contributed by atoms with van der Waals surface area (Å²) in [6.07, 6.45) is -0.0348. The maximum Gasteiger partial charge on any atom is 0.133 e. The number of aromatic amines is 1. The fourth-order valence-corrected chi connectivity index (χ4v) is 3.45. The van der Waals surface area contributed by atoms with E-state index >= 15 is 0 Å². The molecule has 3 heterocycles. The number of fused-ring (bicyclic) bond motifs is 1. The molecule has 3 atom stereocenters. The van der Waals surface area contributed by atoms with Crippen molar-refractivity contribution in [3.63, 3.8) is 0 Å². The SMILES string of the molecule is CC(C)Oc1ccc2[nH]nc(-c3cc(N4CC(O)C(O)C4C)ncn3)c2c1. The zero-order valence-corrected chi connectivity index (χ0v) is 15.5. The molecule has 1 saturated heterocycles. The van der Waals surface area contributed by atoms with Crippen LogP contribution in [-0.4, -0.2) is 61.3 Å². The van der Waals surface area contributed by atoms with Gasteiger partial charge in [-0.1, -0.05) is 0 Å². The molecule has 8 nitrogen and oxygen atoms in total. The van der Waals surface area contributed by atoms with Crippen LogP contribution in [0.4, 0.5) is 5.82 Å². The minimum atomic E-state index is -0.801. The van der Waals surface area contributed by atoms with Crippen LogP contribution in [0.25, 0.3) is 22.3 Å². The lowest BCUT2D eigenvalue weighted by Gasteiger charge is -2.23. The standard InChI is InChI=1S/C19H23N5O3/c1-10(2)27-12-4-5-14-13(6-12)18(23-22-14)15-7-17(21-9-20-15)24-8-16(25)19(26)11(24)3/h4-7,9-11,16,19,25-26H,8H2,1-3H3,(H,22,23). The van der Waals surface area contributed by atoms with Crippen molar-refractivity contribution in [1.82, 2.24) is 20.2 Å². The summed E-state index contributed by atoms with van der Waals surface area (Å²) in [5.74, 6) is 1.42. The van der Waals surface area contributed by atoms with Crippen LogP contribution >= 0.6 is 0 Å². The third-order valence-corrected chi connectivity index (χ3v) is 4.86. The van der Waals surface area contributed by atoms with Gasteiger partial charge in [-0.2, -0.15) is 5.10 Å². The third-order valence-electron chi connectivity index (χ3n) is 4.86. The highest BCUT2D eigenvalue weighted by molar-refractivity contribution is 5.93. The number of anilines is 1. The molecule has 142 valence electrons. The van der Waals surface area contributed by atoms with Gasteiger partial charge in [0.05, 0.1) is 29.5 Å². The molecule has 27 heavy (non-hydrogen) atoms. The van der Waals surface area contributed by atoms with Crippen LogP contribution < -0.4 is 9.64 Å². The molecule has 3 N–H and O–H groups in total. The van der Waals surface area contributed by atoms with Crippen molar-refractivity contribution in [2.45, 2.75) is 45.1 Å². The molecule has 0 saturated carbocycles. The topological polar surface area (TPSA) is 107 Å². The van der Waals surface area contributed by atoms with E-state index in [1.807, 2.05) is 49.9 Å². The van der Waals surface area contributed by atoms with Crippen molar-refractivity contribution >= 4 is 16.7 Å². The highest BCUT2D eigenvalue weighted by Crippen LogP contribution is 2.31. The number of benzene rings is 1. The number of rotatable bonds is 4. The summed E-state index contributed by atoms with van der Waals surface area (Å²) in [5.41, 5.74) is 2.26. The number of aliphatic hydroxyl groups is 2. The zero-order valence-electron chi connectivity index (χ0n) is 15.5. The van der Waals surface area contributed by atoms with Gasteiger partial charge >= 0.3 is 0 Å². The molecule has 1 aliphatic rings. The van der Waals surface area contributed by atoms with Crippen molar-refractivity contribution in [3.05, 3.63) is 30.6 Å². The lowest BCUT2D eigenvalue weighted by molar-refractivity contribution is 0.0438. The number of nitrogens with zero attached hydrogens (tertiary/aromatic N) is 4. The number of hydrogen-bond acceptors (Lipinski definition) is 7. The first-order valence-electron chi connectivity index (χ1n) is 9.04. The molecule has 3 unspecified atom stereocenters. The number of aromatic nitrogens is 4. The van der Waals surface area contributed by atoms with Gasteiger partial charge in [-0.25, -0.2) is 9.97 Å². The van der Waals surface area contributed by atoms with Gasteiger partial charge in [-0.3, -0.25) is 5.10 Å². The van der Waals surface area contributed by atoms with E-state index < -0.39 is 12.2 Å². The second kappa shape index (κ2) is 6.79. The van der Waals surface area contributed by atoms with Crippen molar-refractivity contribution in [1.29, 1.82) is 0 Å². The summed E-state index contributed by atoms with van der Waals surface area (Å²) in [7, 11) is 0. The van der Waals surface area contributed by atoms with E-state index in [1.165, 1.54) is 6.33 Å². The summed E-state index contributed by atoms with van der Waals surface area (Å²) >= 11 is 0. The number of ether oxygens (including phenoxy) is 1. The lowest BCUT2D eigenvalue weighted by Crippen LogP contribution is -2.33. The Morgan fingerprint density at radius 1 is 1.22 bits per heavy atom. The van der Waals surface area contributed by atoms with Gasteiger partial charge in [0.25, 0.3) is 0 Å². The molecule has 0 bridgehead atoms. The predicted molar refractivity (Wildman–Crippen MR) is 102 cm³/mol. The number of H-pyrrole nitrogens is 1. The lowest BCUT2D eigenvalue weighted by atomic mass is 10.1. The van der Waals surface area contributed by atoms with E-state index in [1.54, 1.807) is 0 Å². The summed E-state index contributed by atoms with van der Waals surface area (Å²) in [6, 6.07) is 7.38. The zero-order chi connectivity index (χ0) is 19.1. The fourth-order valence-electron chi connectivity index (χ4n) is 3.45. The molecule has 8 heteroatoms. The minimum absolute atomic E-state index is 0.0814. The van der Waals surface area contributed by atoms with Gasteiger partial charge in [0.15, 0.2) is 0 Å². The van der Waals surface area contributed by atoms with Crippen molar-refractivity contribution < 1.29 is 14.9 Å². The molecular formula is C19H23N5O3. The van der Waals surface area contributed by atoms with Crippen molar-refractivity contribution in [2.75, 3.05) is 11.4 Å². The van der Waals surface area contributed by atoms with E-state index in [0.717, 1.165) is 16.7 Å². The average Bonchev–Trinajstić information content (AvgIpc) is 3.17. The Kier molecular flexibility index (Phi) is 4.45. The molecule has 1 aromatic carbocycles. The summed E-state index contributed by atoms with van der Waals surface area (Å²) in [5, 5.41) is 28.3. The quantitative estimate of drug-likeness (QED) is 0.643. The Bertz CT molecular complexity index is 957. The molecule has 1 fully saturated rings. The second-order valence-corrected chi connectivity index (χ2v) is 7.16. The van der Waals surface area contributed by atoms with Crippen LogP contribution in [0.5, 0.6) is 5.75 Å². The van der Waals surface area contributed by atoms with Crippen molar-refractivity contribution in [2.24, 2.45) is 0 Å². The first-order chi connectivity index (χ1) is 12.9. The van der Waals surface area contributed by atoms with E-state index in [9.17, 15) is 10.2 Å². The van der Waals surface area contributed by atoms with Crippen LogP contribution in [0.1, 0.15) is 20.8 Å². The number of aliphatic hydroxyl groups excluding tert-OH is 2. The molecule has 4 rings (SSSR count). The van der Waals surface area contributed by atoms with Gasteiger partial charge in [-0.15, -0.1) is 0 Å². The monoisotopic (exact) mass is 369 g/mol. The largest absolute Gasteiger partial charge is 0.491 e. The first-order valence-corrected chi connectivity index (χ1v) is 9.04. The van der Waals surface area contributed by atoms with Crippen molar-refractivity contribution in [3.8, 4) is 17.1 Å². The maximum absolute atomic E-state index is 10.0. The van der Waals surface area contributed by atoms with Gasteiger partial charge in [0, 0.05) is 18.0 Å². The van der Waals surface area contributed by atoms with Gasteiger partial charge in [0.1, 0.15) is 29.7 Å². The van der Waals surface area contributed by atoms with Gasteiger partial charge in [-0.05, 0) is 39.0 Å². The Morgan fingerprint density at radius 2 is 2.04 bits per heavy atom. The van der Waals surface area contributed by atoms with Crippen LogP contribution in [0, 0.1) is 0 Å². The predicted octanol–water partition coefficient (Wildman–Crippen LogP) is 1.74. The average molecular weight is 369 g/mol. The molecule has 0 spiro atoms. The molecule has 2 aromatic heterocycles. The number of nitrogens with one attached hydrogen (secondary N) is 1. The summed E-state index contributed by atoms with van der Waals surface area (Å²) in [6.45, 7) is 6.16. The molecule has 0 amide bonds. The fraction of sp³-hybridized carbons (Fsp3) is 0.421. The third kappa shape index (κ3) is 3.22. The molecule has 0 aliphatic carbocycles. The van der Waals surface area contributed by atoms with Crippen LogP contribution in [0.3, 0.4) is 0 Å². The second-order valence-electron chi connectivity index (χ2n) is 7.16. The van der Waals surface area contributed by atoms with E-state index in [2.05, 4.69) is 20.2 Å². The molecule has 0 radical (unpaired) electrons. The Morgan fingerprint density at radius 3 is 2.74 bits per heavy atom. The minimum Gasteiger partial charge on any atom is -0.491 e. The van der Waals surface area contributed by atoms with Crippen LogP contribution in [0.2, 0.25) is 0 Å². The van der Waals surface area contributed by atoms with E-state index in [0.29, 0.717) is 23.8 Å². The van der Waals surface area contributed by atoms with E-state index in [4.69, 9.17) is 4.74 Å². The first kappa shape index (κ1) is 17.7. The Hall–Kier alpha value is -2.71.